The monoisotopic (exact) mass is 268 g/mol. The van der Waals surface area contributed by atoms with Crippen molar-refractivity contribution >= 4 is 35.9 Å². The van der Waals surface area contributed by atoms with Crippen molar-refractivity contribution in [1.29, 1.82) is 0 Å². The zero-order chi connectivity index (χ0) is 13.4. The highest BCUT2D eigenvalue weighted by Gasteiger charge is 2.32. The maximum Gasteiger partial charge on any atom is 0.494 e. The first-order valence-corrected chi connectivity index (χ1v) is 6.91. The van der Waals surface area contributed by atoms with E-state index in [1.807, 2.05) is 12.1 Å². The summed E-state index contributed by atoms with van der Waals surface area (Å²) in [6.07, 6.45) is 0. The molecule has 0 radical (unpaired) electrons. The second kappa shape index (κ2) is 5.22. The topological polar surface area (TPSA) is 36.9 Å². The maximum atomic E-state index is 5.63. The highest BCUT2D eigenvalue weighted by Crippen LogP contribution is 2.15. The van der Waals surface area contributed by atoms with Crippen LogP contribution in [0.5, 0.6) is 0 Å². The van der Waals surface area contributed by atoms with Crippen LogP contribution in [0.25, 0.3) is 10.8 Å². The summed E-state index contributed by atoms with van der Waals surface area (Å²) < 4.78 is 22.5. The van der Waals surface area contributed by atoms with E-state index < -0.39 is 0 Å². The van der Waals surface area contributed by atoms with Gasteiger partial charge < -0.3 is 18.6 Å². The molecule has 0 unspecified atom stereocenters. The molecule has 2 aromatic rings. The summed E-state index contributed by atoms with van der Waals surface area (Å²) in [5.41, 5.74) is 2.14. The molecule has 0 bridgehead atoms. The number of hydrogen-bond acceptors (Lipinski definition) is 4. The average molecular weight is 268 g/mol. The molecule has 4 nitrogen and oxygen atoms in total. The molecule has 0 aliphatic carbocycles. The molecule has 0 spiro atoms. The zero-order valence-corrected chi connectivity index (χ0v) is 11.1. The Labute approximate surface area is 118 Å². The van der Waals surface area contributed by atoms with Crippen molar-refractivity contribution in [3.8, 4) is 0 Å². The number of rotatable bonds is 2. The summed E-state index contributed by atoms with van der Waals surface area (Å²) in [6.45, 7) is 2.59. The number of benzene rings is 2. The van der Waals surface area contributed by atoms with Crippen LogP contribution in [0.3, 0.4) is 0 Å². The molecular weight excluding hydrogens is 254 g/mol. The van der Waals surface area contributed by atoms with E-state index in [9.17, 15) is 0 Å². The van der Waals surface area contributed by atoms with Gasteiger partial charge in [0.1, 0.15) is 0 Å². The third-order valence-electron chi connectivity index (χ3n) is 3.74. The lowest BCUT2D eigenvalue weighted by molar-refractivity contribution is 0.365. The molecule has 4 rings (SSSR count). The Balaban J connectivity index is 1.84. The van der Waals surface area contributed by atoms with E-state index in [0.29, 0.717) is 26.4 Å². The predicted molar refractivity (Wildman–Crippen MR) is 78.5 cm³/mol. The fraction of sp³-hybridized carbons (Fsp3) is 0.286. The van der Waals surface area contributed by atoms with Crippen molar-refractivity contribution in [1.82, 2.24) is 0 Å². The largest absolute Gasteiger partial charge is 0.494 e. The van der Waals surface area contributed by atoms with Crippen LogP contribution in [0.1, 0.15) is 0 Å². The molecule has 0 N–H and O–H groups in total. The van der Waals surface area contributed by atoms with E-state index in [1.54, 1.807) is 0 Å². The Morgan fingerprint density at radius 3 is 1.40 bits per heavy atom. The molecular formula is C14H14B2O4. The van der Waals surface area contributed by atoms with Crippen molar-refractivity contribution in [2.24, 2.45) is 0 Å². The van der Waals surface area contributed by atoms with E-state index in [4.69, 9.17) is 18.6 Å². The van der Waals surface area contributed by atoms with E-state index in [1.165, 1.54) is 0 Å². The second-order valence-corrected chi connectivity index (χ2v) is 4.94. The first-order valence-electron chi connectivity index (χ1n) is 6.91. The summed E-state index contributed by atoms with van der Waals surface area (Å²) >= 11 is 0. The van der Waals surface area contributed by atoms with Crippen LogP contribution >= 0.6 is 0 Å². The quantitative estimate of drug-likeness (QED) is 0.735. The Kier molecular flexibility index (Phi) is 3.24. The maximum absolute atomic E-state index is 5.63. The third kappa shape index (κ3) is 2.05. The third-order valence-corrected chi connectivity index (χ3v) is 3.74. The first-order chi connectivity index (χ1) is 9.93. The van der Waals surface area contributed by atoms with Crippen molar-refractivity contribution in [3.05, 3.63) is 36.4 Å². The summed E-state index contributed by atoms with van der Waals surface area (Å²) in [6, 6.07) is 12.3. The first kappa shape index (κ1) is 12.4. The van der Waals surface area contributed by atoms with Crippen molar-refractivity contribution < 1.29 is 18.6 Å². The number of hydrogen-bond donors (Lipinski definition) is 0. The van der Waals surface area contributed by atoms with Gasteiger partial charge in [-0.2, -0.15) is 0 Å². The zero-order valence-electron chi connectivity index (χ0n) is 11.1. The molecule has 20 heavy (non-hydrogen) atoms. The fourth-order valence-corrected chi connectivity index (χ4v) is 2.83. The van der Waals surface area contributed by atoms with Gasteiger partial charge in [0.2, 0.25) is 0 Å². The van der Waals surface area contributed by atoms with Gasteiger partial charge in [0.05, 0.1) is 26.4 Å². The van der Waals surface area contributed by atoms with Gasteiger partial charge in [0.15, 0.2) is 0 Å². The Bertz CT molecular complexity index is 567. The summed E-state index contributed by atoms with van der Waals surface area (Å²) in [4.78, 5) is 0. The van der Waals surface area contributed by atoms with Crippen LogP contribution in [-0.2, 0) is 18.6 Å². The molecule has 6 heteroatoms. The lowest BCUT2D eigenvalue weighted by Crippen LogP contribution is -2.37. The lowest BCUT2D eigenvalue weighted by atomic mass is 9.70. The van der Waals surface area contributed by atoms with Crippen LogP contribution in [0.2, 0.25) is 0 Å². The minimum absolute atomic E-state index is 0.264. The normalized spacial score (nSPS) is 19.2. The van der Waals surface area contributed by atoms with Crippen LogP contribution in [0.4, 0.5) is 0 Å². The Hall–Kier alpha value is -1.33. The highest BCUT2D eigenvalue weighted by atomic mass is 16.6. The van der Waals surface area contributed by atoms with Gasteiger partial charge >= 0.3 is 14.2 Å². The molecule has 0 amide bonds. The van der Waals surface area contributed by atoms with Crippen molar-refractivity contribution in [2.75, 3.05) is 26.4 Å². The lowest BCUT2D eigenvalue weighted by Gasteiger charge is -2.13. The van der Waals surface area contributed by atoms with Gasteiger partial charge in [0.25, 0.3) is 0 Å². The van der Waals surface area contributed by atoms with Crippen LogP contribution in [0, 0.1) is 0 Å². The second-order valence-electron chi connectivity index (χ2n) is 4.94. The molecule has 0 saturated carbocycles. The molecule has 2 aliphatic heterocycles. The van der Waals surface area contributed by atoms with Gasteiger partial charge in [-0.25, -0.2) is 0 Å². The van der Waals surface area contributed by atoms with Crippen LogP contribution < -0.4 is 10.9 Å². The van der Waals surface area contributed by atoms with E-state index in [-0.39, 0.29) is 14.2 Å². The summed E-state index contributed by atoms with van der Waals surface area (Å²) in [7, 11) is -0.529. The fourth-order valence-electron chi connectivity index (χ4n) is 2.83. The summed E-state index contributed by atoms with van der Waals surface area (Å²) in [5, 5.41) is 2.27. The van der Waals surface area contributed by atoms with Gasteiger partial charge in [-0.1, -0.05) is 36.4 Å². The predicted octanol–water partition coefficient (Wildman–Crippen LogP) is 0.324. The standard InChI is InChI=1S/C14H14B2O4/c1-2-4-12-11(3-1)13(15-17-7-8-18-15)5-6-14(12)16-19-9-10-20-16/h1-6H,7-10H2. The molecule has 2 saturated heterocycles. The Morgan fingerprint density at radius 1 is 0.600 bits per heavy atom. The molecule has 2 heterocycles. The smallest absolute Gasteiger partial charge is 0.405 e. The van der Waals surface area contributed by atoms with Gasteiger partial charge in [0, 0.05) is 0 Å². The summed E-state index contributed by atoms with van der Waals surface area (Å²) in [5.74, 6) is 0. The van der Waals surface area contributed by atoms with Crippen molar-refractivity contribution in [2.45, 2.75) is 0 Å². The number of fused-ring (bicyclic) bond motifs is 1. The van der Waals surface area contributed by atoms with Crippen LogP contribution in [-0.4, -0.2) is 40.7 Å². The molecule has 2 fully saturated rings. The minimum atomic E-state index is -0.264. The SMILES string of the molecule is c1ccc2c(B3OCCO3)ccc(B3OCCO3)c2c1. The van der Waals surface area contributed by atoms with E-state index >= 15 is 0 Å². The molecule has 0 aromatic heterocycles. The molecule has 0 atom stereocenters. The highest BCUT2D eigenvalue weighted by molar-refractivity contribution is 6.68. The van der Waals surface area contributed by atoms with Gasteiger partial charge in [-0.3, -0.25) is 0 Å². The van der Waals surface area contributed by atoms with E-state index in [0.717, 1.165) is 21.7 Å². The van der Waals surface area contributed by atoms with Crippen LogP contribution in [0.15, 0.2) is 36.4 Å². The molecule has 2 aromatic carbocycles. The van der Waals surface area contributed by atoms with Gasteiger partial charge in [-0.05, 0) is 21.7 Å². The van der Waals surface area contributed by atoms with Crippen molar-refractivity contribution in [3.63, 3.8) is 0 Å². The molecule has 2 aliphatic rings. The van der Waals surface area contributed by atoms with Gasteiger partial charge in [-0.15, -0.1) is 0 Å². The minimum Gasteiger partial charge on any atom is -0.405 e. The average Bonchev–Trinajstić information content (AvgIpc) is 3.19. The Morgan fingerprint density at radius 2 is 1.00 bits per heavy atom. The molecule has 100 valence electrons. The van der Waals surface area contributed by atoms with E-state index in [2.05, 4.69) is 24.3 Å².